The molecule has 3 rings (SSSR count). The molecular formula is C13H16N2O. The zero-order valence-corrected chi connectivity index (χ0v) is 9.47. The smallest absolute Gasteiger partial charge is 0.226 e. The van der Waals surface area contributed by atoms with Gasteiger partial charge in [-0.2, -0.15) is 0 Å². The fraction of sp³-hybridized carbons (Fsp3) is 0.462. The summed E-state index contributed by atoms with van der Waals surface area (Å²) in [5.74, 6) is 0.136. The van der Waals surface area contributed by atoms with Crippen LogP contribution in [0.1, 0.15) is 31.2 Å². The van der Waals surface area contributed by atoms with E-state index < -0.39 is 0 Å². The predicted octanol–water partition coefficient (Wildman–Crippen LogP) is 2.67. The SMILES string of the molecule is Cc1cccc2c1NC1(CCC1)CC(=O)N2. The van der Waals surface area contributed by atoms with Crippen molar-refractivity contribution in [3.63, 3.8) is 0 Å². The topological polar surface area (TPSA) is 41.1 Å². The zero-order valence-electron chi connectivity index (χ0n) is 9.47. The highest BCUT2D eigenvalue weighted by Gasteiger charge is 2.41. The lowest BCUT2D eigenvalue weighted by atomic mass is 9.74. The molecule has 0 radical (unpaired) electrons. The predicted molar refractivity (Wildman–Crippen MR) is 64.6 cm³/mol. The lowest BCUT2D eigenvalue weighted by Gasteiger charge is -2.42. The molecule has 0 saturated heterocycles. The van der Waals surface area contributed by atoms with E-state index in [9.17, 15) is 4.79 Å². The van der Waals surface area contributed by atoms with Crippen LogP contribution in [0, 0.1) is 6.92 Å². The molecule has 2 N–H and O–H groups in total. The van der Waals surface area contributed by atoms with Crippen molar-refractivity contribution in [3.05, 3.63) is 23.8 Å². The average molecular weight is 216 g/mol. The summed E-state index contributed by atoms with van der Waals surface area (Å²) < 4.78 is 0. The lowest BCUT2D eigenvalue weighted by Crippen LogP contribution is -2.46. The van der Waals surface area contributed by atoms with Crippen LogP contribution in [-0.4, -0.2) is 11.4 Å². The molecule has 2 aliphatic rings. The third-order valence-corrected chi connectivity index (χ3v) is 3.75. The Labute approximate surface area is 95.2 Å². The molecular weight excluding hydrogens is 200 g/mol. The van der Waals surface area contributed by atoms with Crippen LogP contribution in [0.25, 0.3) is 0 Å². The number of hydrogen-bond donors (Lipinski definition) is 2. The van der Waals surface area contributed by atoms with Gasteiger partial charge in [0.25, 0.3) is 0 Å². The monoisotopic (exact) mass is 216 g/mol. The van der Waals surface area contributed by atoms with E-state index in [1.54, 1.807) is 0 Å². The van der Waals surface area contributed by atoms with Gasteiger partial charge in [0.2, 0.25) is 5.91 Å². The first kappa shape index (κ1) is 9.70. The van der Waals surface area contributed by atoms with Crippen molar-refractivity contribution in [1.82, 2.24) is 0 Å². The first-order chi connectivity index (χ1) is 7.69. The number of benzene rings is 1. The molecule has 0 atom stereocenters. The van der Waals surface area contributed by atoms with Crippen LogP contribution in [0.15, 0.2) is 18.2 Å². The number of hydrogen-bond acceptors (Lipinski definition) is 2. The van der Waals surface area contributed by atoms with E-state index in [0.29, 0.717) is 6.42 Å². The molecule has 1 aromatic rings. The van der Waals surface area contributed by atoms with Gasteiger partial charge in [-0.15, -0.1) is 0 Å². The standard InChI is InChI=1S/C13H16N2O/c1-9-4-2-5-10-12(9)15-13(6-3-7-13)8-11(16)14-10/h2,4-5,15H,3,6-8H2,1H3,(H,14,16). The Morgan fingerprint density at radius 1 is 1.31 bits per heavy atom. The van der Waals surface area contributed by atoms with Crippen molar-refractivity contribution in [2.75, 3.05) is 10.6 Å². The van der Waals surface area contributed by atoms with Crippen LogP contribution < -0.4 is 10.6 Å². The molecule has 1 spiro atoms. The van der Waals surface area contributed by atoms with Gasteiger partial charge >= 0.3 is 0 Å². The van der Waals surface area contributed by atoms with E-state index in [2.05, 4.69) is 23.6 Å². The number of carbonyl (C=O) groups excluding carboxylic acids is 1. The van der Waals surface area contributed by atoms with E-state index in [-0.39, 0.29) is 11.4 Å². The summed E-state index contributed by atoms with van der Waals surface area (Å²) in [5.41, 5.74) is 3.26. The third kappa shape index (κ3) is 1.39. The van der Waals surface area contributed by atoms with E-state index in [4.69, 9.17) is 0 Å². The van der Waals surface area contributed by atoms with Crippen LogP contribution >= 0.6 is 0 Å². The summed E-state index contributed by atoms with van der Waals surface area (Å²) in [6.07, 6.45) is 4.03. The molecule has 3 heteroatoms. The lowest BCUT2D eigenvalue weighted by molar-refractivity contribution is -0.117. The number of anilines is 2. The highest BCUT2D eigenvalue weighted by Crippen LogP contribution is 2.42. The van der Waals surface area contributed by atoms with Crippen LogP contribution in [0.2, 0.25) is 0 Å². The van der Waals surface area contributed by atoms with Gasteiger partial charge in [-0.05, 0) is 37.8 Å². The molecule has 3 nitrogen and oxygen atoms in total. The van der Waals surface area contributed by atoms with Crippen molar-refractivity contribution >= 4 is 17.3 Å². The molecule has 1 saturated carbocycles. The Morgan fingerprint density at radius 2 is 2.12 bits per heavy atom. The van der Waals surface area contributed by atoms with Crippen LogP contribution in [0.5, 0.6) is 0 Å². The molecule has 0 unspecified atom stereocenters. The largest absolute Gasteiger partial charge is 0.377 e. The summed E-state index contributed by atoms with van der Waals surface area (Å²) in [7, 11) is 0. The van der Waals surface area contributed by atoms with Crippen LogP contribution in [-0.2, 0) is 4.79 Å². The molecule has 1 heterocycles. The van der Waals surface area contributed by atoms with Crippen LogP contribution in [0.3, 0.4) is 0 Å². The first-order valence-corrected chi connectivity index (χ1v) is 5.86. The maximum absolute atomic E-state index is 11.8. The summed E-state index contributed by atoms with van der Waals surface area (Å²) in [6.45, 7) is 2.08. The molecule has 1 amide bonds. The second-order valence-electron chi connectivity index (χ2n) is 4.98. The summed E-state index contributed by atoms with van der Waals surface area (Å²) in [4.78, 5) is 11.8. The van der Waals surface area contributed by atoms with Gasteiger partial charge in [-0.3, -0.25) is 4.79 Å². The number of carbonyl (C=O) groups is 1. The van der Waals surface area contributed by atoms with Crippen molar-refractivity contribution in [1.29, 1.82) is 0 Å². The Kier molecular flexibility index (Phi) is 1.96. The number of aryl methyl sites for hydroxylation is 1. The minimum absolute atomic E-state index is 0.0292. The minimum Gasteiger partial charge on any atom is -0.377 e. The van der Waals surface area contributed by atoms with E-state index >= 15 is 0 Å². The van der Waals surface area contributed by atoms with Crippen LogP contribution in [0.4, 0.5) is 11.4 Å². The van der Waals surface area contributed by atoms with E-state index in [0.717, 1.165) is 24.2 Å². The number of fused-ring (bicyclic) bond motifs is 1. The van der Waals surface area contributed by atoms with Gasteiger partial charge in [0.15, 0.2) is 0 Å². The molecule has 16 heavy (non-hydrogen) atoms. The first-order valence-electron chi connectivity index (χ1n) is 5.86. The van der Waals surface area contributed by atoms with Gasteiger partial charge in [-0.1, -0.05) is 12.1 Å². The average Bonchev–Trinajstić information content (AvgIpc) is 2.34. The maximum Gasteiger partial charge on any atom is 0.226 e. The normalized spacial score (nSPS) is 21.4. The summed E-state index contributed by atoms with van der Waals surface area (Å²) in [6, 6.07) is 6.02. The van der Waals surface area contributed by atoms with Gasteiger partial charge < -0.3 is 10.6 Å². The zero-order chi connectivity index (χ0) is 11.2. The highest BCUT2D eigenvalue weighted by atomic mass is 16.1. The number of para-hydroxylation sites is 1. The van der Waals surface area contributed by atoms with Gasteiger partial charge in [0.1, 0.15) is 0 Å². The second kappa shape index (κ2) is 3.24. The quantitative estimate of drug-likeness (QED) is 0.700. The molecule has 0 bridgehead atoms. The highest BCUT2D eigenvalue weighted by molar-refractivity contribution is 5.97. The van der Waals surface area contributed by atoms with E-state index in [1.165, 1.54) is 12.0 Å². The van der Waals surface area contributed by atoms with Crippen molar-refractivity contribution in [2.24, 2.45) is 0 Å². The number of amides is 1. The number of rotatable bonds is 0. The molecule has 0 aromatic heterocycles. The molecule has 84 valence electrons. The minimum atomic E-state index is 0.0292. The molecule has 1 aromatic carbocycles. The van der Waals surface area contributed by atoms with Crippen molar-refractivity contribution in [3.8, 4) is 0 Å². The second-order valence-corrected chi connectivity index (χ2v) is 4.98. The van der Waals surface area contributed by atoms with Crippen molar-refractivity contribution < 1.29 is 4.79 Å². The fourth-order valence-corrected chi connectivity index (χ4v) is 2.65. The molecule has 1 fully saturated rings. The summed E-state index contributed by atoms with van der Waals surface area (Å²) in [5, 5.41) is 6.57. The van der Waals surface area contributed by atoms with Gasteiger partial charge in [0, 0.05) is 12.0 Å². The molecule has 1 aliphatic carbocycles. The van der Waals surface area contributed by atoms with Gasteiger partial charge in [0.05, 0.1) is 11.4 Å². The molecule has 1 aliphatic heterocycles. The van der Waals surface area contributed by atoms with Crippen molar-refractivity contribution in [2.45, 2.75) is 38.1 Å². The Hall–Kier alpha value is -1.51. The number of nitrogens with one attached hydrogen (secondary N) is 2. The van der Waals surface area contributed by atoms with Gasteiger partial charge in [-0.25, -0.2) is 0 Å². The summed E-state index contributed by atoms with van der Waals surface area (Å²) >= 11 is 0. The fourth-order valence-electron chi connectivity index (χ4n) is 2.65. The van der Waals surface area contributed by atoms with E-state index in [1.807, 2.05) is 12.1 Å². The Bertz CT molecular complexity index is 449. The maximum atomic E-state index is 11.8. The third-order valence-electron chi connectivity index (χ3n) is 3.75. The Balaban J connectivity index is 2.06. The Morgan fingerprint density at radius 3 is 2.81 bits per heavy atom.